The molecule has 0 spiro atoms. The van der Waals surface area contributed by atoms with Gasteiger partial charge in [-0.2, -0.15) is 0 Å². The Morgan fingerprint density at radius 1 is 1.33 bits per heavy atom. The molecule has 0 heterocycles. The van der Waals surface area contributed by atoms with Crippen molar-refractivity contribution in [2.45, 2.75) is 32.7 Å². The van der Waals surface area contributed by atoms with Gasteiger partial charge in [0.05, 0.1) is 13.0 Å². The predicted octanol–water partition coefficient (Wildman–Crippen LogP) is 2.47. The summed E-state index contributed by atoms with van der Waals surface area (Å²) in [6, 6.07) is 7.05. The Bertz CT molecular complexity index is 511. The molecule has 5 nitrogen and oxygen atoms in total. The van der Waals surface area contributed by atoms with Gasteiger partial charge in [0.2, 0.25) is 5.91 Å². The molecule has 1 atom stereocenters. The molecule has 1 amide bonds. The number of carboxylic acid groups (broad SMARTS) is 1. The molecule has 0 aliphatic carbocycles. The van der Waals surface area contributed by atoms with Crippen LogP contribution in [-0.2, 0) is 9.59 Å². The average molecular weight is 291 g/mol. The fourth-order valence-electron chi connectivity index (χ4n) is 1.83. The number of benzene rings is 1. The number of hydrogen-bond donors (Lipinski definition) is 2. The van der Waals surface area contributed by atoms with E-state index in [0.717, 1.165) is 5.56 Å². The zero-order chi connectivity index (χ0) is 15.7. The van der Waals surface area contributed by atoms with Crippen LogP contribution < -0.4 is 10.1 Å². The first-order valence-electron chi connectivity index (χ1n) is 6.99. The Morgan fingerprint density at radius 2 is 2.05 bits per heavy atom. The van der Waals surface area contributed by atoms with Crippen molar-refractivity contribution in [2.24, 2.45) is 0 Å². The van der Waals surface area contributed by atoms with Gasteiger partial charge in [0.1, 0.15) is 5.75 Å². The van der Waals surface area contributed by atoms with E-state index >= 15 is 0 Å². The third kappa shape index (κ3) is 6.12. The summed E-state index contributed by atoms with van der Waals surface area (Å²) in [6.07, 6.45) is 3.54. The smallest absolute Gasteiger partial charge is 0.305 e. The first-order valence-corrected chi connectivity index (χ1v) is 6.99. The van der Waals surface area contributed by atoms with E-state index in [1.807, 2.05) is 38.1 Å². The fraction of sp³-hybridized carbons (Fsp3) is 0.375. The molecule has 1 aromatic rings. The number of aliphatic carboxylic acids is 1. The summed E-state index contributed by atoms with van der Waals surface area (Å²) in [5.41, 5.74) is 0.806. The molecule has 2 N–H and O–H groups in total. The molecule has 0 bridgehead atoms. The minimum Gasteiger partial charge on any atom is -0.493 e. The lowest BCUT2D eigenvalue weighted by molar-refractivity contribution is -0.137. The van der Waals surface area contributed by atoms with E-state index in [0.29, 0.717) is 18.8 Å². The Hall–Kier alpha value is -2.30. The summed E-state index contributed by atoms with van der Waals surface area (Å²) in [5, 5.41) is 11.4. The highest BCUT2D eigenvalue weighted by Gasteiger charge is 2.12. The van der Waals surface area contributed by atoms with E-state index in [4.69, 9.17) is 9.84 Å². The maximum Gasteiger partial charge on any atom is 0.305 e. The highest BCUT2D eigenvalue weighted by Crippen LogP contribution is 2.19. The summed E-state index contributed by atoms with van der Waals surface area (Å²) >= 11 is 0. The molecule has 21 heavy (non-hydrogen) atoms. The van der Waals surface area contributed by atoms with Gasteiger partial charge in [0, 0.05) is 17.7 Å². The summed E-state index contributed by atoms with van der Waals surface area (Å²) < 4.78 is 5.46. The van der Waals surface area contributed by atoms with E-state index in [-0.39, 0.29) is 18.4 Å². The largest absolute Gasteiger partial charge is 0.493 e. The topological polar surface area (TPSA) is 75.6 Å². The second kappa shape index (κ2) is 8.79. The summed E-state index contributed by atoms with van der Waals surface area (Å²) in [4.78, 5) is 22.5. The molecule has 0 fully saturated rings. The number of ether oxygens (including phenoxy) is 1. The SMILES string of the molecule is CCOc1ccccc1/C=C/C(=O)NC(CC)CC(=O)O. The van der Waals surface area contributed by atoms with Crippen LogP contribution in [0.25, 0.3) is 6.08 Å². The molecule has 1 rings (SSSR count). The lowest BCUT2D eigenvalue weighted by Gasteiger charge is -2.13. The van der Waals surface area contributed by atoms with Gasteiger partial charge in [0.15, 0.2) is 0 Å². The van der Waals surface area contributed by atoms with Gasteiger partial charge in [-0.3, -0.25) is 9.59 Å². The molecular formula is C16H21NO4. The quantitative estimate of drug-likeness (QED) is 0.721. The molecule has 0 aromatic heterocycles. The summed E-state index contributed by atoms with van der Waals surface area (Å²) in [6.45, 7) is 4.28. The lowest BCUT2D eigenvalue weighted by atomic mass is 10.1. The van der Waals surface area contributed by atoms with E-state index in [2.05, 4.69) is 5.32 Å². The van der Waals surface area contributed by atoms with Gasteiger partial charge in [-0.1, -0.05) is 25.1 Å². The second-order valence-corrected chi connectivity index (χ2v) is 4.52. The maximum atomic E-state index is 11.8. The van der Waals surface area contributed by atoms with Crippen molar-refractivity contribution in [2.75, 3.05) is 6.61 Å². The van der Waals surface area contributed by atoms with Gasteiger partial charge >= 0.3 is 5.97 Å². The summed E-state index contributed by atoms with van der Waals surface area (Å²) in [5.74, 6) is -0.524. The third-order valence-corrected chi connectivity index (χ3v) is 2.89. The van der Waals surface area contributed by atoms with Gasteiger partial charge < -0.3 is 15.2 Å². The number of nitrogens with one attached hydrogen (secondary N) is 1. The Morgan fingerprint density at radius 3 is 2.67 bits per heavy atom. The molecule has 0 radical (unpaired) electrons. The highest BCUT2D eigenvalue weighted by molar-refractivity contribution is 5.92. The summed E-state index contributed by atoms with van der Waals surface area (Å²) in [7, 11) is 0. The molecule has 0 aliphatic rings. The van der Waals surface area contributed by atoms with E-state index in [9.17, 15) is 9.59 Å². The van der Waals surface area contributed by atoms with Gasteiger partial charge in [-0.25, -0.2) is 0 Å². The Labute approximate surface area is 124 Å². The molecule has 0 aliphatic heterocycles. The number of rotatable bonds is 8. The van der Waals surface area contributed by atoms with Crippen LogP contribution in [0.5, 0.6) is 5.75 Å². The molecule has 1 aromatic carbocycles. The van der Waals surface area contributed by atoms with E-state index < -0.39 is 5.97 Å². The maximum absolute atomic E-state index is 11.8. The number of amides is 1. The third-order valence-electron chi connectivity index (χ3n) is 2.89. The van der Waals surface area contributed by atoms with Crippen LogP contribution in [0, 0.1) is 0 Å². The zero-order valence-corrected chi connectivity index (χ0v) is 12.3. The van der Waals surface area contributed by atoms with Crippen LogP contribution >= 0.6 is 0 Å². The number of hydrogen-bond acceptors (Lipinski definition) is 3. The molecule has 5 heteroatoms. The minimum absolute atomic E-state index is 0.0778. The number of carboxylic acids is 1. The zero-order valence-electron chi connectivity index (χ0n) is 12.3. The normalized spacial score (nSPS) is 12.1. The minimum atomic E-state index is -0.923. The Kier molecular flexibility index (Phi) is 7.01. The first-order chi connectivity index (χ1) is 10.1. The molecule has 0 saturated carbocycles. The van der Waals surface area contributed by atoms with Crippen molar-refractivity contribution in [3.05, 3.63) is 35.9 Å². The number of carbonyl (C=O) groups excluding carboxylic acids is 1. The number of para-hydroxylation sites is 1. The van der Waals surface area contributed by atoms with Gasteiger partial charge in [0.25, 0.3) is 0 Å². The van der Waals surface area contributed by atoms with Crippen molar-refractivity contribution in [3.63, 3.8) is 0 Å². The second-order valence-electron chi connectivity index (χ2n) is 4.52. The van der Waals surface area contributed by atoms with Crippen molar-refractivity contribution in [1.82, 2.24) is 5.32 Å². The molecule has 114 valence electrons. The Balaban J connectivity index is 2.67. The molecule has 0 saturated heterocycles. The van der Waals surface area contributed by atoms with Crippen molar-refractivity contribution < 1.29 is 19.4 Å². The average Bonchev–Trinajstić information content (AvgIpc) is 2.45. The highest BCUT2D eigenvalue weighted by atomic mass is 16.5. The van der Waals surface area contributed by atoms with Gasteiger partial charge in [-0.15, -0.1) is 0 Å². The lowest BCUT2D eigenvalue weighted by Crippen LogP contribution is -2.34. The monoisotopic (exact) mass is 291 g/mol. The molecular weight excluding hydrogens is 270 g/mol. The first kappa shape index (κ1) is 16.8. The van der Waals surface area contributed by atoms with Gasteiger partial charge in [-0.05, 0) is 25.5 Å². The molecule has 1 unspecified atom stereocenters. The standard InChI is InChI=1S/C16H21NO4/c1-3-13(11-16(19)20)17-15(18)10-9-12-7-5-6-8-14(12)21-4-2/h5-10,13H,3-4,11H2,1-2H3,(H,17,18)(H,19,20)/b10-9+. The number of carbonyl (C=O) groups is 2. The predicted molar refractivity (Wildman–Crippen MR) is 81.1 cm³/mol. The van der Waals surface area contributed by atoms with Crippen LogP contribution in [0.3, 0.4) is 0 Å². The van der Waals surface area contributed by atoms with Crippen LogP contribution in [0.1, 0.15) is 32.3 Å². The van der Waals surface area contributed by atoms with Crippen LogP contribution in [0.4, 0.5) is 0 Å². The van der Waals surface area contributed by atoms with Crippen molar-refractivity contribution >= 4 is 18.0 Å². The fourth-order valence-corrected chi connectivity index (χ4v) is 1.83. The van der Waals surface area contributed by atoms with Crippen LogP contribution in [0.15, 0.2) is 30.3 Å². The van der Waals surface area contributed by atoms with Crippen molar-refractivity contribution in [1.29, 1.82) is 0 Å². The van der Waals surface area contributed by atoms with E-state index in [1.54, 1.807) is 6.08 Å². The van der Waals surface area contributed by atoms with Crippen LogP contribution in [0.2, 0.25) is 0 Å². The van der Waals surface area contributed by atoms with Crippen molar-refractivity contribution in [3.8, 4) is 5.75 Å². The van der Waals surface area contributed by atoms with Crippen LogP contribution in [-0.4, -0.2) is 29.6 Å². The van der Waals surface area contributed by atoms with E-state index in [1.165, 1.54) is 6.08 Å².